The summed E-state index contributed by atoms with van der Waals surface area (Å²) < 4.78 is 1.29. The minimum atomic E-state index is 0.0202. The summed E-state index contributed by atoms with van der Waals surface area (Å²) in [6.45, 7) is 4.29. The van der Waals surface area contributed by atoms with Gasteiger partial charge in [0.1, 0.15) is 0 Å². The number of benzene rings is 1. The van der Waals surface area contributed by atoms with E-state index in [1.54, 1.807) is 18.3 Å². The summed E-state index contributed by atoms with van der Waals surface area (Å²) in [6.07, 6.45) is 0. The van der Waals surface area contributed by atoms with Gasteiger partial charge in [-0.15, -0.1) is 11.3 Å². The number of hydrogen-bond donors (Lipinski definition) is 1. The highest BCUT2D eigenvalue weighted by Gasteiger charge is 2.07. The molecule has 2 rings (SSSR count). The first-order valence-electron chi connectivity index (χ1n) is 4.90. The van der Waals surface area contributed by atoms with Crippen molar-refractivity contribution in [2.75, 3.05) is 0 Å². The fourth-order valence-corrected chi connectivity index (χ4v) is 2.75. The van der Waals surface area contributed by atoms with Gasteiger partial charge in [0, 0.05) is 16.5 Å². The first-order valence-corrected chi connectivity index (χ1v) is 5.71. The van der Waals surface area contributed by atoms with Crippen molar-refractivity contribution >= 4 is 27.3 Å². The molecule has 2 nitrogen and oxygen atoms in total. The highest BCUT2D eigenvalue weighted by molar-refractivity contribution is 7.19. The number of thiophene rings is 1. The van der Waals surface area contributed by atoms with Crippen LogP contribution in [0.4, 0.5) is 0 Å². The van der Waals surface area contributed by atoms with Crippen molar-refractivity contribution in [3.63, 3.8) is 0 Å². The van der Waals surface area contributed by atoms with E-state index in [0.717, 1.165) is 0 Å². The zero-order valence-electron chi connectivity index (χ0n) is 8.83. The molecule has 0 saturated carbocycles. The molecular formula is C12H13NOS. The van der Waals surface area contributed by atoms with E-state index in [2.05, 4.69) is 24.4 Å². The van der Waals surface area contributed by atoms with Crippen molar-refractivity contribution in [2.24, 2.45) is 0 Å². The predicted molar refractivity (Wildman–Crippen MR) is 64.1 cm³/mol. The molecule has 2 aromatic rings. The van der Waals surface area contributed by atoms with E-state index in [0.29, 0.717) is 6.54 Å². The van der Waals surface area contributed by atoms with E-state index < -0.39 is 0 Å². The Bertz CT molecular complexity index is 501. The molecule has 0 aliphatic heterocycles. The Balaban J connectivity index is 2.36. The minimum absolute atomic E-state index is 0.0202. The topological polar surface area (TPSA) is 29.1 Å². The van der Waals surface area contributed by atoms with Gasteiger partial charge in [0.2, 0.25) is 5.91 Å². The van der Waals surface area contributed by atoms with Gasteiger partial charge in [-0.25, -0.2) is 0 Å². The molecule has 1 N–H and O–H groups in total. The van der Waals surface area contributed by atoms with Gasteiger partial charge in [0.15, 0.2) is 0 Å². The maximum Gasteiger partial charge on any atom is 0.217 e. The first-order chi connectivity index (χ1) is 7.18. The molecule has 0 radical (unpaired) electrons. The average Bonchev–Trinajstić information content (AvgIpc) is 2.54. The van der Waals surface area contributed by atoms with Crippen LogP contribution in [0.3, 0.4) is 0 Å². The van der Waals surface area contributed by atoms with Crippen LogP contribution in [0.2, 0.25) is 0 Å². The normalized spacial score (nSPS) is 10.5. The number of hydrogen-bond acceptors (Lipinski definition) is 2. The SMILES string of the molecule is CC(=O)NCc1sc2ccccc2c1C. The Morgan fingerprint density at radius 2 is 2.13 bits per heavy atom. The molecule has 0 fully saturated rings. The molecule has 1 aromatic carbocycles. The van der Waals surface area contributed by atoms with Crippen LogP contribution in [-0.4, -0.2) is 5.91 Å². The second kappa shape index (κ2) is 4.03. The van der Waals surface area contributed by atoms with Crippen LogP contribution in [0.5, 0.6) is 0 Å². The van der Waals surface area contributed by atoms with Crippen molar-refractivity contribution in [3.05, 3.63) is 34.7 Å². The zero-order chi connectivity index (χ0) is 10.8. The van der Waals surface area contributed by atoms with Crippen molar-refractivity contribution in [3.8, 4) is 0 Å². The second-order valence-electron chi connectivity index (χ2n) is 3.56. The highest BCUT2D eigenvalue weighted by atomic mass is 32.1. The lowest BCUT2D eigenvalue weighted by atomic mass is 10.1. The van der Waals surface area contributed by atoms with E-state index in [4.69, 9.17) is 0 Å². The quantitative estimate of drug-likeness (QED) is 0.826. The van der Waals surface area contributed by atoms with Gasteiger partial charge in [-0.2, -0.15) is 0 Å². The summed E-state index contributed by atoms with van der Waals surface area (Å²) in [4.78, 5) is 12.1. The first kappa shape index (κ1) is 10.2. The number of fused-ring (bicyclic) bond motifs is 1. The number of rotatable bonds is 2. The molecular weight excluding hydrogens is 206 g/mol. The molecule has 0 aliphatic carbocycles. The van der Waals surface area contributed by atoms with Gasteiger partial charge in [-0.1, -0.05) is 18.2 Å². The summed E-state index contributed by atoms with van der Waals surface area (Å²) in [5, 5.41) is 4.13. The lowest BCUT2D eigenvalue weighted by Crippen LogP contribution is -2.18. The molecule has 0 saturated heterocycles. The largest absolute Gasteiger partial charge is 0.351 e. The Hall–Kier alpha value is -1.35. The Kier molecular flexibility index (Phi) is 2.73. The zero-order valence-corrected chi connectivity index (χ0v) is 9.65. The van der Waals surface area contributed by atoms with Crippen LogP contribution in [0.25, 0.3) is 10.1 Å². The molecule has 15 heavy (non-hydrogen) atoms. The maximum absolute atomic E-state index is 10.8. The number of amides is 1. The van der Waals surface area contributed by atoms with E-state index >= 15 is 0 Å². The molecule has 1 amide bonds. The molecule has 0 unspecified atom stereocenters. The summed E-state index contributed by atoms with van der Waals surface area (Å²) in [6, 6.07) is 8.33. The molecule has 1 heterocycles. The number of carbonyl (C=O) groups excluding carboxylic acids is 1. The third-order valence-corrected chi connectivity index (χ3v) is 3.71. The van der Waals surface area contributed by atoms with Gasteiger partial charge < -0.3 is 5.32 Å². The number of carbonyl (C=O) groups is 1. The lowest BCUT2D eigenvalue weighted by Gasteiger charge is -1.99. The van der Waals surface area contributed by atoms with Gasteiger partial charge in [0.05, 0.1) is 6.54 Å². The summed E-state index contributed by atoms with van der Waals surface area (Å²) in [7, 11) is 0. The predicted octanol–water partition coefficient (Wildman–Crippen LogP) is 2.85. The van der Waals surface area contributed by atoms with E-state index in [1.165, 1.54) is 20.5 Å². The number of aryl methyl sites for hydroxylation is 1. The standard InChI is InChI=1S/C12H13NOS/c1-8-10-5-3-4-6-11(10)15-12(8)7-13-9(2)14/h3-6H,7H2,1-2H3,(H,13,14). The minimum Gasteiger partial charge on any atom is -0.351 e. The molecule has 0 bridgehead atoms. The van der Waals surface area contributed by atoms with Gasteiger partial charge in [0.25, 0.3) is 0 Å². The molecule has 0 spiro atoms. The van der Waals surface area contributed by atoms with Gasteiger partial charge in [-0.05, 0) is 23.9 Å². The third-order valence-electron chi connectivity index (χ3n) is 2.44. The van der Waals surface area contributed by atoms with Crippen LogP contribution >= 0.6 is 11.3 Å². The average molecular weight is 219 g/mol. The van der Waals surface area contributed by atoms with Crippen molar-refractivity contribution in [1.29, 1.82) is 0 Å². The Morgan fingerprint density at radius 1 is 1.40 bits per heavy atom. The van der Waals surface area contributed by atoms with Crippen LogP contribution in [0, 0.1) is 6.92 Å². The Labute approximate surface area is 92.9 Å². The molecule has 0 atom stereocenters. The van der Waals surface area contributed by atoms with Crippen LogP contribution in [0.15, 0.2) is 24.3 Å². The fraction of sp³-hybridized carbons (Fsp3) is 0.250. The molecule has 1 aromatic heterocycles. The van der Waals surface area contributed by atoms with Crippen LogP contribution in [0.1, 0.15) is 17.4 Å². The molecule has 3 heteroatoms. The van der Waals surface area contributed by atoms with Crippen molar-refractivity contribution in [1.82, 2.24) is 5.32 Å². The fourth-order valence-electron chi connectivity index (χ4n) is 1.60. The van der Waals surface area contributed by atoms with E-state index in [9.17, 15) is 4.79 Å². The number of nitrogens with one attached hydrogen (secondary N) is 1. The van der Waals surface area contributed by atoms with Crippen molar-refractivity contribution < 1.29 is 4.79 Å². The molecule has 78 valence electrons. The van der Waals surface area contributed by atoms with Crippen molar-refractivity contribution in [2.45, 2.75) is 20.4 Å². The molecule has 0 aliphatic rings. The van der Waals surface area contributed by atoms with Crippen LogP contribution < -0.4 is 5.32 Å². The second-order valence-corrected chi connectivity index (χ2v) is 4.69. The van der Waals surface area contributed by atoms with E-state index in [-0.39, 0.29) is 5.91 Å². The summed E-state index contributed by atoms with van der Waals surface area (Å²) >= 11 is 1.75. The monoisotopic (exact) mass is 219 g/mol. The van der Waals surface area contributed by atoms with Gasteiger partial charge >= 0.3 is 0 Å². The third kappa shape index (κ3) is 2.02. The lowest BCUT2D eigenvalue weighted by molar-refractivity contribution is -0.119. The van der Waals surface area contributed by atoms with E-state index in [1.807, 2.05) is 12.1 Å². The Morgan fingerprint density at radius 3 is 2.80 bits per heavy atom. The maximum atomic E-state index is 10.8. The van der Waals surface area contributed by atoms with Crippen LogP contribution in [-0.2, 0) is 11.3 Å². The highest BCUT2D eigenvalue weighted by Crippen LogP contribution is 2.30. The summed E-state index contributed by atoms with van der Waals surface area (Å²) in [5.41, 5.74) is 1.28. The van der Waals surface area contributed by atoms with Gasteiger partial charge in [-0.3, -0.25) is 4.79 Å². The smallest absolute Gasteiger partial charge is 0.217 e. The summed E-state index contributed by atoms with van der Waals surface area (Å²) in [5.74, 6) is 0.0202.